The van der Waals surface area contributed by atoms with Gasteiger partial charge in [0.15, 0.2) is 0 Å². The molecule has 2 rings (SSSR count). The topological polar surface area (TPSA) is 12.0 Å². The first-order chi connectivity index (χ1) is 8.74. The summed E-state index contributed by atoms with van der Waals surface area (Å²) in [5.74, 6) is -1.01. The molecule has 4 heteroatoms. The second-order valence-corrected chi connectivity index (χ2v) is 4.86. The second-order valence-electron chi connectivity index (χ2n) is 4.08. The molecule has 0 aliphatic rings. The van der Waals surface area contributed by atoms with Gasteiger partial charge in [-0.25, -0.2) is 8.78 Å². The van der Waals surface area contributed by atoms with Gasteiger partial charge in [-0.3, -0.25) is 0 Å². The molecule has 18 heavy (non-hydrogen) atoms. The molecule has 0 saturated heterocycles. The van der Waals surface area contributed by atoms with E-state index in [0.29, 0.717) is 6.54 Å². The van der Waals surface area contributed by atoms with Crippen molar-refractivity contribution in [1.82, 2.24) is 5.32 Å². The Morgan fingerprint density at radius 2 is 1.94 bits per heavy atom. The number of hydrogen-bond acceptors (Lipinski definition) is 2. The predicted molar refractivity (Wildman–Crippen MR) is 70.8 cm³/mol. The van der Waals surface area contributed by atoms with Gasteiger partial charge >= 0.3 is 0 Å². The maximum Gasteiger partial charge on any atom is 0.131 e. The number of thiophene rings is 1. The van der Waals surface area contributed by atoms with Crippen LogP contribution in [0.1, 0.15) is 30.5 Å². The number of hydrogen-bond donors (Lipinski definition) is 1. The lowest BCUT2D eigenvalue weighted by atomic mass is 10.00. The van der Waals surface area contributed by atoms with Gasteiger partial charge in [-0.1, -0.05) is 13.0 Å². The Bertz CT molecular complexity index is 476. The Morgan fingerprint density at radius 3 is 2.50 bits per heavy atom. The predicted octanol–water partition coefficient (Wildman–Crippen LogP) is 4.12. The lowest BCUT2D eigenvalue weighted by molar-refractivity contribution is 0.503. The van der Waals surface area contributed by atoms with E-state index in [2.05, 4.69) is 5.32 Å². The SMILES string of the molecule is CCCNC(c1ccsc1)c1c(F)cccc1F. The second kappa shape index (κ2) is 6.07. The zero-order valence-electron chi connectivity index (χ0n) is 10.1. The monoisotopic (exact) mass is 267 g/mol. The van der Waals surface area contributed by atoms with Crippen LogP contribution in [0.2, 0.25) is 0 Å². The van der Waals surface area contributed by atoms with Crippen molar-refractivity contribution in [2.75, 3.05) is 6.54 Å². The van der Waals surface area contributed by atoms with Crippen LogP contribution in [0.25, 0.3) is 0 Å². The van der Waals surface area contributed by atoms with E-state index in [1.165, 1.54) is 29.5 Å². The fourth-order valence-corrected chi connectivity index (χ4v) is 2.59. The summed E-state index contributed by atoms with van der Waals surface area (Å²) in [6, 6.07) is 5.46. The molecule has 1 heterocycles. The van der Waals surface area contributed by atoms with Gasteiger partial charge in [0.05, 0.1) is 6.04 Å². The van der Waals surface area contributed by atoms with E-state index < -0.39 is 17.7 Å². The largest absolute Gasteiger partial charge is 0.306 e. The van der Waals surface area contributed by atoms with Gasteiger partial charge in [-0.2, -0.15) is 11.3 Å². The molecule has 0 fully saturated rings. The highest BCUT2D eigenvalue weighted by Crippen LogP contribution is 2.28. The molecule has 96 valence electrons. The van der Waals surface area contributed by atoms with E-state index in [0.717, 1.165) is 12.0 Å². The first-order valence-corrected chi connectivity index (χ1v) is 6.87. The van der Waals surface area contributed by atoms with E-state index in [1.54, 1.807) is 0 Å². The van der Waals surface area contributed by atoms with Crippen molar-refractivity contribution >= 4 is 11.3 Å². The molecule has 1 unspecified atom stereocenters. The van der Waals surface area contributed by atoms with Gasteiger partial charge in [-0.15, -0.1) is 0 Å². The smallest absolute Gasteiger partial charge is 0.131 e. The van der Waals surface area contributed by atoms with E-state index in [-0.39, 0.29) is 5.56 Å². The number of benzene rings is 1. The third kappa shape index (κ3) is 2.76. The van der Waals surface area contributed by atoms with E-state index >= 15 is 0 Å². The van der Waals surface area contributed by atoms with E-state index in [4.69, 9.17) is 0 Å². The molecule has 1 atom stereocenters. The molecule has 0 amide bonds. The highest BCUT2D eigenvalue weighted by molar-refractivity contribution is 7.08. The zero-order chi connectivity index (χ0) is 13.0. The summed E-state index contributed by atoms with van der Waals surface area (Å²) in [6.45, 7) is 2.74. The molecule has 1 aromatic carbocycles. The van der Waals surface area contributed by atoms with Gasteiger partial charge in [0.25, 0.3) is 0 Å². The molecule has 1 nitrogen and oxygen atoms in total. The first-order valence-electron chi connectivity index (χ1n) is 5.93. The van der Waals surface area contributed by atoms with Crippen LogP contribution in [-0.4, -0.2) is 6.54 Å². The summed E-state index contributed by atoms with van der Waals surface area (Å²) in [7, 11) is 0. The van der Waals surface area contributed by atoms with Crippen molar-refractivity contribution < 1.29 is 8.78 Å². The Labute approximate surface area is 109 Å². The normalized spacial score (nSPS) is 12.6. The van der Waals surface area contributed by atoms with Gasteiger partial charge in [-0.05, 0) is 47.5 Å². The van der Waals surface area contributed by atoms with Crippen LogP contribution in [0.3, 0.4) is 0 Å². The minimum atomic E-state index is -0.505. The summed E-state index contributed by atoms with van der Waals surface area (Å²) in [4.78, 5) is 0. The van der Waals surface area contributed by atoms with Crippen LogP contribution >= 0.6 is 11.3 Å². The quantitative estimate of drug-likeness (QED) is 0.859. The summed E-state index contributed by atoms with van der Waals surface area (Å²) in [5, 5.41) is 7.02. The molecule has 1 aromatic heterocycles. The van der Waals surface area contributed by atoms with Crippen molar-refractivity contribution in [2.45, 2.75) is 19.4 Å². The molecule has 0 saturated carbocycles. The Hall–Kier alpha value is -1.26. The van der Waals surface area contributed by atoms with Crippen molar-refractivity contribution in [3.05, 3.63) is 57.8 Å². The Balaban J connectivity index is 2.40. The van der Waals surface area contributed by atoms with Crippen LogP contribution < -0.4 is 5.32 Å². The van der Waals surface area contributed by atoms with Crippen LogP contribution in [0.4, 0.5) is 8.78 Å². The lowest BCUT2D eigenvalue weighted by Crippen LogP contribution is -2.24. The summed E-state index contributed by atoms with van der Waals surface area (Å²) in [6.07, 6.45) is 0.913. The molecule has 1 N–H and O–H groups in total. The maximum absolute atomic E-state index is 13.8. The van der Waals surface area contributed by atoms with Crippen LogP contribution in [-0.2, 0) is 0 Å². The van der Waals surface area contributed by atoms with Crippen molar-refractivity contribution in [1.29, 1.82) is 0 Å². The van der Waals surface area contributed by atoms with E-state index in [9.17, 15) is 8.78 Å². The molecule has 0 aliphatic heterocycles. The third-order valence-corrected chi connectivity index (χ3v) is 3.46. The molecule has 0 aliphatic carbocycles. The van der Waals surface area contributed by atoms with Crippen LogP contribution in [0, 0.1) is 11.6 Å². The van der Waals surface area contributed by atoms with Gasteiger partial charge in [0.2, 0.25) is 0 Å². The molecular formula is C14H15F2NS. The Morgan fingerprint density at radius 1 is 1.22 bits per heavy atom. The minimum absolute atomic E-state index is 0.101. The van der Waals surface area contributed by atoms with Crippen LogP contribution in [0.15, 0.2) is 35.0 Å². The van der Waals surface area contributed by atoms with Crippen molar-refractivity contribution in [3.8, 4) is 0 Å². The van der Waals surface area contributed by atoms with E-state index in [1.807, 2.05) is 23.8 Å². The lowest BCUT2D eigenvalue weighted by Gasteiger charge is -2.19. The summed E-state index contributed by atoms with van der Waals surface area (Å²) >= 11 is 1.52. The molecule has 2 aromatic rings. The minimum Gasteiger partial charge on any atom is -0.306 e. The average molecular weight is 267 g/mol. The van der Waals surface area contributed by atoms with Gasteiger partial charge < -0.3 is 5.32 Å². The summed E-state index contributed by atoms with van der Waals surface area (Å²) in [5.41, 5.74) is 1.00. The Kier molecular flexibility index (Phi) is 4.44. The number of rotatable bonds is 5. The molecular weight excluding hydrogens is 252 g/mol. The fourth-order valence-electron chi connectivity index (χ4n) is 1.90. The highest BCUT2D eigenvalue weighted by atomic mass is 32.1. The summed E-state index contributed by atoms with van der Waals surface area (Å²) < 4.78 is 27.7. The molecule has 0 radical (unpaired) electrons. The average Bonchev–Trinajstić information content (AvgIpc) is 2.86. The van der Waals surface area contributed by atoms with Gasteiger partial charge in [0, 0.05) is 5.56 Å². The third-order valence-electron chi connectivity index (χ3n) is 2.76. The fraction of sp³-hybridized carbons (Fsp3) is 0.286. The molecule has 0 bridgehead atoms. The number of nitrogens with one attached hydrogen (secondary N) is 1. The van der Waals surface area contributed by atoms with Crippen LogP contribution in [0.5, 0.6) is 0 Å². The zero-order valence-corrected chi connectivity index (χ0v) is 10.9. The van der Waals surface area contributed by atoms with Crippen molar-refractivity contribution in [2.24, 2.45) is 0 Å². The maximum atomic E-state index is 13.8. The first kappa shape index (κ1) is 13.2. The van der Waals surface area contributed by atoms with Crippen molar-refractivity contribution in [3.63, 3.8) is 0 Å². The van der Waals surface area contributed by atoms with Gasteiger partial charge in [0.1, 0.15) is 11.6 Å². The number of halogens is 2. The molecule has 0 spiro atoms. The highest BCUT2D eigenvalue weighted by Gasteiger charge is 2.21. The standard InChI is InChI=1S/C14H15F2NS/c1-2-7-17-14(10-6-8-18-9-10)13-11(15)4-3-5-12(13)16/h3-6,8-9,14,17H,2,7H2,1H3.